The van der Waals surface area contributed by atoms with Gasteiger partial charge in [-0.15, -0.1) is 22.7 Å². The number of Topliss-reactive ketones (excluding diaryl/α,β-unsaturated/α-hetero) is 1. The summed E-state index contributed by atoms with van der Waals surface area (Å²) >= 11 is 3.13. The maximum Gasteiger partial charge on any atom is 0.179 e. The van der Waals surface area contributed by atoms with E-state index < -0.39 is 0 Å². The molecule has 0 saturated heterocycles. The van der Waals surface area contributed by atoms with Crippen molar-refractivity contribution in [2.45, 2.75) is 26.7 Å². The van der Waals surface area contributed by atoms with Crippen LogP contribution in [0, 0.1) is 6.92 Å². The Morgan fingerprint density at radius 3 is 2.88 bits per heavy atom. The van der Waals surface area contributed by atoms with Crippen molar-refractivity contribution in [3.05, 3.63) is 38.0 Å². The Labute approximate surface area is 103 Å². The van der Waals surface area contributed by atoms with Gasteiger partial charge in [-0.2, -0.15) is 0 Å². The minimum absolute atomic E-state index is 0.192. The van der Waals surface area contributed by atoms with Crippen LogP contribution < -0.4 is 0 Å². The lowest BCUT2D eigenvalue weighted by molar-refractivity contribution is 0.0995. The predicted molar refractivity (Wildman–Crippen MR) is 68.6 cm³/mol. The molecule has 0 aliphatic rings. The highest BCUT2D eigenvalue weighted by molar-refractivity contribution is 7.12. The Morgan fingerprint density at radius 1 is 1.44 bits per heavy atom. The third-order valence-electron chi connectivity index (χ3n) is 2.39. The van der Waals surface area contributed by atoms with Gasteiger partial charge >= 0.3 is 0 Å². The van der Waals surface area contributed by atoms with Crippen LogP contribution in [0.15, 0.2) is 16.8 Å². The van der Waals surface area contributed by atoms with Crippen molar-refractivity contribution in [2.24, 2.45) is 0 Å². The molecule has 0 aromatic carbocycles. The second-order valence-corrected chi connectivity index (χ2v) is 5.56. The molecule has 0 aliphatic carbocycles. The zero-order valence-electron chi connectivity index (χ0n) is 9.32. The molecule has 2 aromatic rings. The van der Waals surface area contributed by atoms with Crippen LogP contribution in [0.1, 0.15) is 32.9 Å². The topological polar surface area (TPSA) is 30.0 Å². The summed E-state index contributed by atoms with van der Waals surface area (Å²) in [6.45, 7) is 4.03. The normalized spacial score (nSPS) is 10.6. The maximum atomic E-state index is 12.0. The van der Waals surface area contributed by atoms with Crippen molar-refractivity contribution < 1.29 is 4.79 Å². The summed E-state index contributed by atoms with van der Waals surface area (Å²) in [7, 11) is 0. The quantitative estimate of drug-likeness (QED) is 0.778. The van der Waals surface area contributed by atoms with Gasteiger partial charge in [0.25, 0.3) is 0 Å². The first-order valence-electron chi connectivity index (χ1n) is 5.21. The van der Waals surface area contributed by atoms with Gasteiger partial charge in [0, 0.05) is 5.38 Å². The van der Waals surface area contributed by atoms with Crippen LogP contribution in [0.25, 0.3) is 0 Å². The Morgan fingerprint density at radius 2 is 2.25 bits per heavy atom. The second kappa shape index (κ2) is 4.89. The first-order valence-corrected chi connectivity index (χ1v) is 6.97. The number of rotatable bonds is 4. The summed E-state index contributed by atoms with van der Waals surface area (Å²) in [6.07, 6.45) is 1.35. The summed E-state index contributed by atoms with van der Waals surface area (Å²) in [5.41, 5.74) is 2.05. The Balaban J connectivity index is 2.14. The van der Waals surface area contributed by atoms with Crippen molar-refractivity contribution in [1.82, 2.24) is 4.98 Å². The number of hydrogen-bond donors (Lipinski definition) is 0. The number of thiophene rings is 1. The van der Waals surface area contributed by atoms with Gasteiger partial charge in [-0.1, -0.05) is 6.92 Å². The van der Waals surface area contributed by atoms with Gasteiger partial charge in [0.15, 0.2) is 5.78 Å². The van der Waals surface area contributed by atoms with Crippen LogP contribution in [0.3, 0.4) is 0 Å². The van der Waals surface area contributed by atoms with Gasteiger partial charge in [0.05, 0.1) is 22.0 Å². The lowest BCUT2D eigenvalue weighted by atomic mass is 10.1. The molecule has 0 bridgehead atoms. The molecule has 2 rings (SSSR count). The number of carbonyl (C=O) groups is 1. The molecule has 2 aromatic heterocycles. The molecule has 0 unspecified atom stereocenters. The molecule has 0 radical (unpaired) electrons. The Bertz CT molecular complexity index is 499. The van der Waals surface area contributed by atoms with E-state index in [0.29, 0.717) is 6.42 Å². The molecule has 0 saturated carbocycles. The highest BCUT2D eigenvalue weighted by atomic mass is 32.1. The van der Waals surface area contributed by atoms with E-state index in [1.54, 1.807) is 11.3 Å². The number of ketones is 1. The van der Waals surface area contributed by atoms with E-state index in [9.17, 15) is 4.79 Å². The van der Waals surface area contributed by atoms with Gasteiger partial charge < -0.3 is 0 Å². The van der Waals surface area contributed by atoms with Crippen molar-refractivity contribution in [2.75, 3.05) is 0 Å². The molecule has 2 nitrogen and oxygen atoms in total. The van der Waals surface area contributed by atoms with E-state index in [4.69, 9.17) is 0 Å². The molecule has 0 amide bonds. The van der Waals surface area contributed by atoms with Gasteiger partial charge in [-0.3, -0.25) is 4.79 Å². The summed E-state index contributed by atoms with van der Waals surface area (Å²) in [6, 6.07) is 2.03. The minimum Gasteiger partial charge on any atom is -0.293 e. The molecular formula is C12H13NOS2. The van der Waals surface area contributed by atoms with Crippen LogP contribution in [0.2, 0.25) is 0 Å². The van der Waals surface area contributed by atoms with Gasteiger partial charge in [0.1, 0.15) is 0 Å². The highest BCUT2D eigenvalue weighted by Gasteiger charge is 2.13. The predicted octanol–water partition coefficient (Wildman–Crippen LogP) is 3.50. The molecule has 4 heteroatoms. The molecule has 0 fully saturated rings. The van der Waals surface area contributed by atoms with Crippen molar-refractivity contribution in [3.8, 4) is 0 Å². The zero-order chi connectivity index (χ0) is 11.5. The van der Waals surface area contributed by atoms with Crippen LogP contribution in [-0.4, -0.2) is 10.8 Å². The molecular weight excluding hydrogens is 238 g/mol. The third kappa shape index (κ3) is 2.39. The van der Waals surface area contributed by atoms with Gasteiger partial charge in [-0.25, -0.2) is 4.98 Å². The molecule has 16 heavy (non-hydrogen) atoms. The Hall–Kier alpha value is -1.00. The second-order valence-electron chi connectivity index (χ2n) is 3.59. The number of thiazole rings is 1. The summed E-state index contributed by atoms with van der Waals surface area (Å²) in [4.78, 5) is 17.3. The first-order chi connectivity index (χ1) is 7.70. The lowest BCUT2D eigenvalue weighted by Gasteiger charge is -1.98. The minimum atomic E-state index is 0.192. The van der Waals surface area contributed by atoms with Crippen LogP contribution >= 0.6 is 22.7 Å². The number of carbonyl (C=O) groups excluding carboxylic acids is 1. The van der Waals surface area contributed by atoms with Crippen molar-refractivity contribution in [1.29, 1.82) is 0 Å². The summed E-state index contributed by atoms with van der Waals surface area (Å²) < 4.78 is 0. The monoisotopic (exact) mass is 251 g/mol. The molecule has 0 spiro atoms. The smallest absolute Gasteiger partial charge is 0.179 e. The number of aromatic nitrogens is 1. The number of hydrogen-bond acceptors (Lipinski definition) is 4. The van der Waals surface area contributed by atoms with Gasteiger partial charge in [-0.05, 0) is 30.4 Å². The molecule has 0 N–H and O–H groups in total. The average molecular weight is 251 g/mol. The molecule has 84 valence electrons. The van der Waals surface area contributed by atoms with Crippen LogP contribution in [-0.2, 0) is 12.8 Å². The number of nitrogens with zero attached hydrogens (tertiary/aromatic N) is 1. The van der Waals surface area contributed by atoms with E-state index in [1.165, 1.54) is 11.3 Å². The summed E-state index contributed by atoms with van der Waals surface area (Å²) in [5, 5.41) is 4.97. The lowest BCUT2D eigenvalue weighted by Crippen LogP contribution is -2.04. The van der Waals surface area contributed by atoms with E-state index in [1.807, 2.05) is 23.8 Å². The average Bonchev–Trinajstić information content (AvgIpc) is 2.86. The first kappa shape index (κ1) is 11.5. The maximum absolute atomic E-state index is 12.0. The zero-order valence-corrected chi connectivity index (χ0v) is 11.0. The third-order valence-corrected chi connectivity index (χ3v) is 4.21. The van der Waals surface area contributed by atoms with E-state index in [2.05, 4.69) is 11.9 Å². The number of aryl methyl sites for hydroxylation is 2. The fourth-order valence-electron chi connectivity index (χ4n) is 1.59. The largest absolute Gasteiger partial charge is 0.293 e. The molecule has 0 aliphatic heterocycles. The van der Waals surface area contributed by atoms with E-state index >= 15 is 0 Å². The molecule has 2 heterocycles. The Kier molecular flexibility index (Phi) is 3.51. The summed E-state index contributed by atoms with van der Waals surface area (Å²) in [5.74, 6) is 0.192. The van der Waals surface area contributed by atoms with E-state index in [-0.39, 0.29) is 5.78 Å². The molecule has 0 atom stereocenters. The van der Waals surface area contributed by atoms with E-state index in [0.717, 1.165) is 27.6 Å². The standard InChI is InChI=1S/C12H13NOS2/c1-3-9-4-5-15-12(9)11(14)6-10-7-16-8(2)13-10/h4-5,7H,3,6H2,1-2H3. The van der Waals surface area contributed by atoms with Crippen molar-refractivity contribution >= 4 is 28.5 Å². The fourth-order valence-corrected chi connectivity index (χ4v) is 3.14. The van der Waals surface area contributed by atoms with Crippen molar-refractivity contribution in [3.63, 3.8) is 0 Å². The van der Waals surface area contributed by atoms with Crippen LogP contribution in [0.5, 0.6) is 0 Å². The highest BCUT2D eigenvalue weighted by Crippen LogP contribution is 2.20. The fraction of sp³-hybridized carbons (Fsp3) is 0.333. The SMILES string of the molecule is CCc1ccsc1C(=O)Cc1csc(C)n1. The van der Waals surface area contributed by atoms with Crippen LogP contribution in [0.4, 0.5) is 0 Å². The van der Waals surface area contributed by atoms with Gasteiger partial charge in [0.2, 0.25) is 0 Å².